The smallest absolute Gasteiger partial charge is 0.320 e. The van der Waals surface area contributed by atoms with Gasteiger partial charge in [-0.2, -0.15) is 4.31 Å². The van der Waals surface area contributed by atoms with Crippen LogP contribution in [0, 0.1) is 5.92 Å². The zero-order valence-electron chi connectivity index (χ0n) is 19.4. The highest BCUT2D eigenvalue weighted by molar-refractivity contribution is 7.89. The summed E-state index contributed by atoms with van der Waals surface area (Å²) in [6, 6.07) is 5.07. The number of rotatable bonds is 9. The second-order valence-corrected chi connectivity index (χ2v) is 10.9. The van der Waals surface area contributed by atoms with Gasteiger partial charge in [0.2, 0.25) is 15.9 Å². The molecule has 1 saturated heterocycles. The Morgan fingerprint density at radius 1 is 1.09 bits per heavy atom. The minimum Gasteiger partial charge on any atom is -0.465 e. The van der Waals surface area contributed by atoms with Gasteiger partial charge in [-0.1, -0.05) is 20.3 Å². The number of amides is 1. The number of hydrogen-bond acceptors (Lipinski definition) is 6. The Hall–Kier alpha value is -1.97. The van der Waals surface area contributed by atoms with Crippen LogP contribution in [0.3, 0.4) is 0 Å². The number of esters is 1. The number of hydrogen-bond donors (Lipinski definition) is 0. The molecular formula is C23H35N3O5S. The molecule has 9 heteroatoms. The minimum atomic E-state index is -3.50. The molecule has 1 aromatic rings. The zero-order valence-corrected chi connectivity index (χ0v) is 20.2. The third-order valence-corrected chi connectivity index (χ3v) is 7.74. The van der Waals surface area contributed by atoms with E-state index in [0.29, 0.717) is 50.0 Å². The molecule has 2 heterocycles. The van der Waals surface area contributed by atoms with Crippen molar-refractivity contribution in [3.8, 4) is 0 Å². The van der Waals surface area contributed by atoms with Crippen LogP contribution in [-0.2, 0) is 30.8 Å². The molecule has 1 aromatic carbocycles. The summed E-state index contributed by atoms with van der Waals surface area (Å²) in [5, 5.41) is 0. The van der Waals surface area contributed by atoms with E-state index in [0.717, 1.165) is 30.5 Å². The largest absolute Gasteiger partial charge is 0.465 e. The van der Waals surface area contributed by atoms with Crippen LogP contribution in [0.2, 0.25) is 0 Å². The molecule has 0 radical (unpaired) electrons. The van der Waals surface area contributed by atoms with Crippen molar-refractivity contribution in [1.29, 1.82) is 0 Å². The molecule has 0 saturated carbocycles. The molecule has 0 unspecified atom stereocenters. The molecule has 0 atom stereocenters. The number of sulfonamides is 1. The summed E-state index contributed by atoms with van der Waals surface area (Å²) in [7, 11) is -3.50. The average Bonchev–Trinajstić information content (AvgIpc) is 3.17. The second kappa shape index (κ2) is 10.8. The second-order valence-electron chi connectivity index (χ2n) is 8.92. The number of carbonyl (C=O) groups excluding carboxylic acids is 2. The molecule has 0 aliphatic carbocycles. The van der Waals surface area contributed by atoms with E-state index in [1.54, 1.807) is 34.3 Å². The lowest BCUT2D eigenvalue weighted by Crippen LogP contribution is -2.43. The lowest BCUT2D eigenvalue weighted by molar-refractivity contribution is -0.144. The van der Waals surface area contributed by atoms with Gasteiger partial charge in [0.1, 0.15) is 0 Å². The fourth-order valence-corrected chi connectivity index (χ4v) is 5.99. The Kier molecular flexibility index (Phi) is 8.30. The molecule has 0 N–H and O–H groups in total. The van der Waals surface area contributed by atoms with Gasteiger partial charge in [-0.15, -0.1) is 0 Å². The average molecular weight is 466 g/mol. The summed E-state index contributed by atoms with van der Waals surface area (Å²) in [6.45, 7) is 8.59. The van der Waals surface area contributed by atoms with E-state index in [4.69, 9.17) is 4.74 Å². The SMILES string of the molecule is CCOC(=O)CN(CC(=O)N1CCc2cc(S(=O)(=O)N3CCCCC3)ccc21)CC(C)C. The molecule has 32 heavy (non-hydrogen) atoms. The van der Waals surface area contributed by atoms with E-state index in [1.807, 2.05) is 18.7 Å². The lowest BCUT2D eigenvalue weighted by atomic mass is 10.2. The highest BCUT2D eigenvalue weighted by atomic mass is 32.2. The molecule has 1 amide bonds. The molecule has 178 valence electrons. The maximum Gasteiger partial charge on any atom is 0.320 e. The maximum absolute atomic E-state index is 13.1. The first-order valence-electron chi connectivity index (χ1n) is 11.5. The molecule has 0 aromatic heterocycles. The Balaban J connectivity index is 1.72. The van der Waals surface area contributed by atoms with Gasteiger partial charge in [-0.25, -0.2) is 8.42 Å². The van der Waals surface area contributed by atoms with E-state index in [9.17, 15) is 18.0 Å². The highest BCUT2D eigenvalue weighted by Gasteiger charge is 2.31. The quantitative estimate of drug-likeness (QED) is 0.520. The fourth-order valence-electron chi connectivity index (χ4n) is 4.42. The van der Waals surface area contributed by atoms with Crippen molar-refractivity contribution in [1.82, 2.24) is 9.21 Å². The summed E-state index contributed by atoms with van der Waals surface area (Å²) in [5.41, 5.74) is 1.63. The normalized spacial score (nSPS) is 17.1. The summed E-state index contributed by atoms with van der Waals surface area (Å²) >= 11 is 0. The fraction of sp³-hybridized carbons (Fsp3) is 0.652. The van der Waals surface area contributed by atoms with E-state index in [1.165, 1.54) is 0 Å². The van der Waals surface area contributed by atoms with Gasteiger partial charge in [0.05, 0.1) is 24.6 Å². The first-order chi connectivity index (χ1) is 15.2. The van der Waals surface area contributed by atoms with E-state index < -0.39 is 10.0 Å². The Bertz CT molecular complexity index is 926. The van der Waals surface area contributed by atoms with Gasteiger partial charge in [-0.3, -0.25) is 14.5 Å². The lowest BCUT2D eigenvalue weighted by Gasteiger charge is -2.27. The van der Waals surface area contributed by atoms with E-state index in [2.05, 4.69) is 0 Å². The highest BCUT2D eigenvalue weighted by Crippen LogP contribution is 2.32. The van der Waals surface area contributed by atoms with Gasteiger partial charge in [0.25, 0.3) is 0 Å². The molecule has 2 aliphatic rings. The first-order valence-corrected chi connectivity index (χ1v) is 13.0. The van der Waals surface area contributed by atoms with E-state index >= 15 is 0 Å². The van der Waals surface area contributed by atoms with Gasteiger partial charge in [-0.05, 0) is 55.9 Å². The van der Waals surface area contributed by atoms with Crippen molar-refractivity contribution in [2.45, 2.75) is 51.3 Å². The molecule has 2 aliphatic heterocycles. The summed E-state index contributed by atoms with van der Waals surface area (Å²) in [5.74, 6) is -0.138. The van der Waals surface area contributed by atoms with Crippen molar-refractivity contribution >= 4 is 27.6 Å². The number of carbonyl (C=O) groups is 2. The molecule has 3 rings (SSSR count). The van der Waals surface area contributed by atoms with Crippen molar-refractivity contribution in [3.05, 3.63) is 23.8 Å². The van der Waals surface area contributed by atoms with Crippen LogP contribution in [0.4, 0.5) is 5.69 Å². The van der Waals surface area contributed by atoms with Gasteiger partial charge >= 0.3 is 5.97 Å². The maximum atomic E-state index is 13.1. The van der Waals surface area contributed by atoms with Crippen molar-refractivity contribution < 1.29 is 22.7 Å². The summed E-state index contributed by atoms with van der Waals surface area (Å²) < 4.78 is 32.6. The third kappa shape index (κ3) is 5.88. The van der Waals surface area contributed by atoms with Crippen LogP contribution in [0.1, 0.15) is 45.6 Å². The Labute approximate surface area is 191 Å². The molecule has 0 spiro atoms. The van der Waals surface area contributed by atoms with Crippen LogP contribution in [-0.4, -0.2) is 75.4 Å². The Morgan fingerprint density at radius 2 is 1.81 bits per heavy atom. The van der Waals surface area contributed by atoms with Crippen LogP contribution in [0.5, 0.6) is 0 Å². The molecule has 8 nitrogen and oxygen atoms in total. The van der Waals surface area contributed by atoms with Crippen molar-refractivity contribution in [2.75, 3.05) is 50.8 Å². The van der Waals surface area contributed by atoms with Crippen LogP contribution in [0.25, 0.3) is 0 Å². The molecule has 1 fully saturated rings. The number of nitrogens with zero attached hydrogens (tertiary/aromatic N) is 3. The number of anilines is 1. The minimum absolute atomic E-state index is 0.0749. The number of piperidine rings is 1. The zero-order chi connectivity index (χ0) is 23.3. The van der Waals surface area contributed by atoms with Crippen molar-refractivity contribution in [2.24, 2.45) is 5.92 Å². The molecule has 0 bridgehead atoms. The number of benzene rings is 1. The monoisotopic (exact) mass is 465 g/mol. The topological polar surface area (TPSA) is 87.2 Å². The Morgan fingerprint density at radius 3 is 2.47 bits per heavy atom. The molecular weight excluding hydrogens is 430 g/mol. The van der Waals surface area contributed by atoms with Gasteiger partial charge < -0.3 is 9.64 Å². The number of ether oxygens (including phenoxy) is 1. The summed E-state index contributed by atoms with van der Waals surface area (Å²) in [4.78, 5) is 28.8. The standard InChI is InChI=1S/C23H35N3O5S/c1-4-31-23(28)17-24(15-18(2)3)16-22(27)26-13-10-19-14-20(8-9-21(19)26)32(29,30)25-11-6-5-7-12-25/h8-9,14,18H,4-7,10-13,15-17H2,1-3H3. The predicted octanol–water partition coefficient (Wildman–Crippen LogP) is 2.27. The summed E-state index contributed by atoms with van der Waals surface area (Å²) in [6.07, 6.45) is 3.47. The van der Waals surface area contributed by atoms with Crippen LogP contribution >= 0.6 is 0 Å². The van der Waals surface area contributed by atoms with Gasteiger partial charge in [0, 0.05) is 31.9 Å². The predicted molar refractivity (Wildman–Crippen MR) is 123 cm³/mol. The van der Waals surface area contributed by atoms with Crippen LogP contribution in [0.15, 0.2) is 23.1 Å². The first kappa shape index (κ1) is 24.7. The van der Waals surface area contributed by atoms with Crippen molar-refractivity contribution in [3.63, 3.8) is 0 Å². The van der Waals surface area contributed by atoms with Crippen LogP contribution < -0.4 is 4.90 Å². The van der Waals surface area contributed by atoms with Gasteiger partial charge in [0.15, 0.2) is 0 Å². The van der Waals surface area contributed by atoms with E-state index in [-0.39, 0.29) is 25.0 Å². The third-order valence-electron chi connectivity index (χ3n) is 5.84. The number of fused-ring (bicyclic) bond motifs is 1.